The summed E-state index contributed by atoms with van der Waals surface area (Å²) < 4.78 is 5.45. The van der Waals surface area contributed by atoms with Crippen molar-refractivity contribution in [3.05, 3.63) is 28.8 Å². The Morgan fingerprint density at radius 1 is 1.08 bits per heavy atom. The van der Waals surface area contributed by atoms with Gasteiger partial charge in [-0.1, -0.05) is 13.0 Å². The fourth-order valence-corrected chi connectivity index (χ4v) is 3.17. The average molecular weight is 361 g/mol. The molecule has 0 saturated carbocycles. The molecule has 6 nitrogen and oxygen atoms in total. The highest BCUT2D eigenvalue weighted by Crippen LogP contribution is 2.24. The topological polar surface area (TPSA) is 61.9 Å². The predicted octanol–water partition coefficient (Wildman–Crippen LogP) is 2.51. The van der Waals surface area contributed by atoms with Crippen LogP contribution in [0.4, 0.5) is 4.79 Å². The van der Waals surface area contributed by atoms with Crippen LogP contribution in [0, 0.1) is 13.8 Å². The van der Waals surface area contributed by atoms with Crippen LogP contribution in [-0.4, -0.2) is 61.6 Å². The molecule has 1 N–H and O–H groups in total. The van der Waals surface area contributed by atoms with Gasteiger partial charge in [0.2, 0.25) is 5.91 Å². The number of carbonyl (C=O) groups is 2. The van der Waals surface area contributed by atoms with Gasteiger partial charge in [-0.2, -0.15) is 0 Å². The molecule has 0 aromatic heterocycles. The summed E-state index contributed by atoms with van der Waals surface area (Å²) in [5.74, 6) is 0.846. The zero-order valence-corrected chi connectivity index (χ0v) is 16.4. The minimum Gasteiger partial charge on any atom is -0.496 e. The molecule has 26 heavy (non-hydrogen) atoms. The summed E-state index contributed by atoms with van der Waals surface area (Å²) in [7, 11) is 1.64. The predicted molar refractivity (Wildman–Crippen MR) is 103 cm³/mol. The Hall–Kier alpha value is -2.24. The second-order valence-electron chi connectivity index (χ2n) is 6.88. The maximum atomic E-state index is 12.8. The molecule has 0 aliphatic carbocycles. The molecular formula is C20H31N3O3. The number of benzene rings is 1. The van der Waals surface area contributed by atoms with Gasteiger partial charge in [0.1, 0.15) is 5.75 Å². The van der Waals surface area contributed by atoms with Gasteiger partial charge >= 0.3 is 6.03 Å². The van der Waals surface area contributed by atoms with E-state index in [1.165, 1.54) is 0 Å². The normalized spacial score (nSPS) is 14.8. The molecular weight excluding hydrogens is 330 g/mol. The molecule has 0 bridgehead atoms. The lowest BCUT2D eigenvalue weighted by Crippen LogP contribution is -2.43. The zero-order chi connectivity index (χ0) is 19.1. The van der Waals surface area contributed by atoms with E-state index >= 15 is 0 Å². The van der Waals surface area contributed by atoms with Crippen LogP contribution >= 0.6 is 0 Å². The van der Waals surface area contributed by atoms with Gasteiger partial charge in [0, 0.05) is 38.3 Å². The molecule has 1 aliphatic heterocycles. The third-order valence-corrected chi connectivity index (χ3v) is 4.90. The summed E-state index contributed by atoms with van der Waals surface area (Å²) in [5, 5.41) is 2.91. The van der Waals surface area contributed by atoms with Crippen molar-refractivity contribution in [2.24, 2.45) is 0 Å². The van der Waals surface area contributed by atoms with E-state index in [1.54, 1.807) is 12.0 Å². The van der Waals surface area contributed by atoms with Crippen molar-refractivity contribution < 1.29 is 14.3 Å². The lowest BCUT2D eigenvalue weighted by Gasteiger charge is -2.23. The number of methoxy groups -OCH3 is 1. The molecule has 2 rings (SSSR count). The molecule has 3 amide bonds. The molecule has 1 aromatic carbocycles. The van der Waals surface area contributed by atoms with E-state index in [0.717, 1.165) is 35.3 Å². The highest BCUT2D eigenvalue weighted by Gasteiger charge is 2.22. The third kappa shape index (κ3) is 5.13. The summed E-state index contributed by atoms with van der Waals surface area (Å²) >= 11 is 0. The molecule has 1 heterocycles. The zero-order valence-electron chi connectivity index (χ0n) is 16.4. The van der Waals surface area contributed by atoms with E-state index in [9.17, 15) is 9.59 Å². The monoisotopic (exact) mass is 361 g/mol. The Kier molecular flexibility index (Phi) is 7.30. The number of nitrogens with one attached hydrogen (secondary N) is 1. The maximum Gasteiger partial charge on any atom is 0.317 e. The Morgan fingerprint density at radius 2 is 1.73 bits per heavy atom. The second-order valence-corrected chi connectivity index (χ2v) is 6.88. The van der Waals surface area contributed by atoms with Crippen molar-refractivity contribution in [3.8, 4) is 5.75 Å². The van der Waals surface area contributed by atoms with Crippen molar-refractivity contribution in [2.45, 2.75) is 40.0 Å². The number of amides is 3. The summed E-state index contributed by atoms with van der Waals surface area (Å²) in [6.07, 6.45) is 2.05. The summed E-state index contributed by atoms with van der Waals surface area (Å²) in [6.45, 7) is 9.32. The third-order valence-electron chi connectivity index (χ3n) is 4.90. The molecule has 0 atom stereocenters. The van der Waals surface area contributed by atoms with Crippen LogP contribution in [0.2, 0.25) is 0 Å². The summed E-state index contributed by atoms with van der Waals surface area (Å²) in [6, 6.07) is 3.99. The molecule has 6 heteroatoms. The second kappa shape index (κ2) is 9.46. The maximum absolute atomic E-state index is 12.8. The molecule has 144 valence electrons. The lowest BCUT2D eigenvalue weighted by molar-refractivity contribution is -0.130. The van der Waals surface area contributed by atoms with E-state index in [4.69, 9.17) is 4.74 Å². The fourth-order valence-electron chi connectivity index (χ4n) is 3.17. The number of carbonyl (C=O) groups excluding carboxylic acids is 2. The molecule has 1 fully saturated rings. The van der Waals surface area contributed by atoms with Gasteiger partial charge in [0.15, 0.2) is 0 Å². The number of nitrogens with zero attached hydrogens (tertiary/aromatic N) is 2. The minimum atomic E-state index is -0.0306. The fraction of sp³-hybridized carbons (Fsp3) is 0.600. The Labute approximate surface area is 156 Å². The molecule has 1 saturated heterocycles. The molecule has 0 unspecified atom stereocenters. The van der Waals surface area contributed by atoms with Gasteiger partial charge in [0.05, 0.1) is 13.5 Å². The SMILES string of the molecule is CCCNC(=O)N1CCCN(C(=O)Cc2cc(C)c(C)cc2OC)CC1. The van der Waals surface area contributed by atoms with Crippen LogP contribution in [0.25, 0.3) is 0 Å². The quantitative estimate of drug-likeness (QED) is 0.876. The largest absolute Gasteiger partial charge is 0.496 e. The summed E-state index contributed by atoms with van der Waals surface area (Å²) in [5.41, 5.74) is 3.23. The van der Waals surface area contributed by atoms with Gasteiger partial charge in [-0.05, 0) is 43.9 Å². The van der Waals surface area contributed by atoms with E-state index in [0.29, 0.717) is 39.1 Å². The van der Waals surface area contributed by atoms with Crippen LogP contribution in [0.3, 0.4) is 0 Å². The van der Waals surface area contributed by atoms with E-state index in [-0.39, 0.29) is 11.9 Å². The number of aryl methyl sites for hydroxylation is 2. The van der Waals surface area contributed by atoms with Crippen LogP contribution < -0.4 is 10.1 Å². The van der Waals surface area contributed by atoms with Crippen LogP contribution in [0.1, 0.15) is 36.5 Å². The molecule has 0 spiro atoms. The first-order valence-electron chi connectivity index (χ1n) is 9.41. The van der Waals surface area contributed by atoms with E-state index < -0.39 is 0 Å². The standard InChI is InChI=1S/C20H31N3O3/c1-5-7-21-20(25)23-9-6-8-22(10-11-23)19(24)14-17-12-15(2)16(3)13-18(17)26-4/h12-13H,5-11,14H2,1-4H3,(H,21,25). The number of ether oxygens (including phenoxy) is 1. The summed E-state index contributed by atoms with van der Waals surface area (Å²) in [4.78, 5) is 28.6. The van der Waals surface area contributed by atoms with Crippen molar-refractivity contribution in [2.75, 3.05) is 39.8 Å². The lowest BCUT2D eigenvalue weighted by atomic mass is 10.0. The number of hydrogen-bond acceptors (Lipinski definition) is 3. The van der Waals surface area contributed by atoms with Crippen LogP contribution in [0.15, 0.2) is 12.1 Å². The smallest absolute Gasteiger partial charge is 0.317 e. The molecule has 1 aliphatic rings. The van der Waals surface area contributed by atoms with Crippen molar-refractivity contribution in [1.82, 2.24) is 15.1 Å². The van der Waals surface area contributed by atoms with E-state index in [1.807, 2.05) is 37.8 Å². The molecule has 0 radical (unpaired) electrons. The number of urea groups is 1. The first-order valence-corrected chi connectivity index (χ1v) is 9.41. The Bertz CT molecular complexity index is 645. The van der Waals surface area contributed by atoms with Gasteiger partial charge < -0.3 is 19.9 Å². The van der Waals surface area contributed by atoms with Gasteiger partial charge in [-0.3, -0.25) is 4.79 Å². The highest BCUT2D eigenvalue weighted by atomic mass is 16.5. The van der Waals surface area contributed by atoms with Crippen molar-refractivity contribution in [3.63, 3.8) is 0 Å². The van der Waals surface area contributed by atoms with Gasteiger partial charge in [-0.25, -0.2) is 4.79 Å². The minimum absolute atomic E-state index is 0.0306. The highest BCUT2D eigenvalue weighted by molar-refractivity contribution is 5.80. The van der Waals surface area contributed by atoms with Gasteiger partial charge in [-0.15, -0.1) is 0 Å². The molecule has 1 aromatic rings. The average Bonchev–Trinajstić information content (AvgIpc) is 2.88. The van der Waals surface area contributed by atoms with E-state index in [2.05, 4.69) is 5.32 Å². The first kappa shape index (κ1) is 20.1. The Morgan fingerprint density at radius 3 is 2.42 bits per heavy atom. The number of hydrogen-bond donors (Lipinski definition) is 1. The van der Waals surface area contributed by atoms with Crippen molar-refractivity contribution >= 4 is 11.9 Å². The van der Waals surface area contributed by atoms with Crippen LogP contribution in [-0.2, 0) is 11.2 Å². The first-order chi connectivity index (χ1) is 12.5. The Balaban J connectivity index is 1.98. The number of rotatable bonds is 5. The van der Waals surface area contributed by atoms with Crippen molar-refractivity contribution in [1.29, 1.82) is 0 Å². The van der Waals surface area contributed by atoms with Crippen LogP contribution in [0.5, 0.6) is 5.75 Å². The van der Waals surface area contributed by atoms with Gasteiger partial charge in [0.25, 0.3) is 0 Å².